The first kappa shape index (κ1) is 21.2. The maximum absolute atomic E-state index is 12.4. The number of anilines is 1. The van der Waals surface area contributed by atoms with E-state index in [9.17, 15) is 14.4 Å². The van der Waals surface area contributed by atoms with Gasteiger partial charge in [-0.05, 0) is 44.5 Å². The van der Waals surface area contributed by atoms with Crippen LogP contribution in [0.1, 0.15) is 37.0 Å². The van der Waals surface area contributed by atoms with Gasteiger partial charge in [-0.25, -0.2) is 4.79 Å². The Hall–Kier alpha value is -2.83. The van der Waals surface area contributed by atoms with Crippen molar-refractivity contribution in [1.29, 1.82) is 0 Å². The van der Waals surface area contributed by atoms with Gasteiger partial charge in [-0.3, -0.25) is 9.59 Å². The lowest BCUT2D eigenvalue weighted by Crippen LogP contribution is -2.42. The Bertz CT molecular complexity index is 613. The molecule has 1 aromatic carbocycles. The standard InChI is InChI=1S/C19H26N2O5/c1-4-13-20-15-9-7-14(8-10-15)18(23)21-16(19(24)26-6-3)11-12-17(22)25-5-2/h4,7-10,16,20H,1,5-6,11-13H2,2-3H3,(H,21,23)/t16-/m1/s1. The van der Waals surface area contributed by atoms with E-state index >= 15 is 0 Å². The van der Waals surface area contributed by atoms with Crippen molar-refractivity contribution in [2.45, 2.75) is 32.7 Å². The molecule has 0 aromatic heterocycles. The van der Waals surface area contributed by atoms with Gasteiger partial charge >= 0.3 is 11.9 Å². The molecule has 1 amide bonds. The van der Waals surface area contributed by atoms with E-state index < -0.39 is 23.9 Å². The van der Waals surface area contributed by atoms with Gasteiger partial charge in [0.1, 0.15) is 6.04 Å². The van der Waals surface area contributed by atoms with Crippen molar-refractivity contribution in [3.8, 4) is 0 Å². The van der Waals surface area contributed by atoms with Gasteiger partial charge in [0.2, 0.25) is 0 Å². The molecule has 0 saturated carbocycles. The van der Waals surface area contributed by atoms with Crippen LogP contribution in [-0.4, -0.2) is 43.6 Å². The van der Waals surface area contributed by atoms with Gasteiger partial charge in [0.05, 0.1) is 13.2 Å². The van der Waals surface area contributed by atoms with Crippen molar-refractivity contribution >= 4 is 23.5 Å². The monoisotopic (exact) mass is 362 g/mol. The largest absolute Gasteiger partial charge is 0.466 e. The number of rotatable bonds is 11. The highest BCUT2D eigenvalue weighted by molar-refractivity contribution is 5.97. The first-order valence-corrected chi connectivity index (χ1v) is 8.59. The van der Waals surface area contributed by atoms with E-state index in [0.717, 1.165) is 5.69 Å². The zero-order chi connectivity index (χ0) is 19.4. The van der Waals surface area contributed by atoms with Crippen LogP contribution in [0, 0.1) is 0 Å². The summed E-state index contributed by atoms with van der Waals surface area (Å²) in [7, 11) is 0. The molecule has 0 bridgehead atoms. The molecule has 0 spiro atoms. The molecule has 0 aliphatic heterocycles. The summed E-state index contributed by atoms with van der Waals surface area (Å²) in [5.74, 6) is -1.41. The summed E-state index contributed by atoms with van der Waals surface area (Å²) in [6.07, 6.45) is 1.86. The number of amides is 1. The van der Waals surface area contributed by atoms with Crippen LogP contribution in [-0.2, 0) is 19.1 Å². The molecule has 7 heteroatoms. The van der Waals surface area contributed by atoms with E-state index in [4.69, 9.17) is 9.47 Å². The molecular weight excluding hydrogens is 336 g/mol. The van der Waals surface area contributed by atoms with Crippen molar-refractivity contribution in [1.82, 2.24) is 5.32 Å². The van der Waals surface area contributed by atoms with Crippen LogP contribution in [0.4, 0.5) is 5.69 Å². The maximum atomic E-state index is 12.4. The third-order valence-corrected chi connectivity index (χ3v) is 3.42. The Balaban J connectivity index is 2.72. The molecule has 0 fully saturated rings. The number of carbonyl (C=O) groups is 3. The van der Waals surface area contributed by atoms with E-state index in [0.29, 0.717) is 12.1 Å². The third kappa shape index (κ3) is 7.38. The summed E-state index contributed by atoms with van der Waals surface area (Å²) >= 11 is 0. The average molecular weight is 362 g/mol. The summed E-state index contributed by atoms with van der Waals surface area (Å²) in [6.45, 7) is 8.08. The highest BCUT2D eigenvalue weighted by Crippen LogP contribution is 2.10. The smallest absolute Gasteiger partial charge is 0.328 e. The molecule has 26 heavy (non-hydrogen) atoms. The lowest BCUT2D eigenvalue weighted by atomic mass is 10.1. The van der Waals surface area contributed by atoms with Crippen LogP contribution in [0.2, 0.25) is 0 Å². The summed E-state index contributed by atoms with van der Waals surface area (Å²) in [6, 6.07) is 5.90. The van der Waals surface area contributed by atoms with Crippen molar-refractivity contribution in [2.75, 3.05) is 25.1 Å². The van der Waals surface area contributed by atoms with Crippen molar-refractivity contribution in [3.63, 3.8) is 0 Å². The topological polar surface area (TPSA) is 93.7 Å². The minimum absolute atomic E-state index is 0.0159. The van der Waals surface area contributed by atoms with Crippen LogP contribution >= 0.6 is 0 Å². The fourth-order valence-corrected chi connectivity index (χ4v) is 2.16. The molecule has 142 valence electrons. The minimum atomic E-state index is -0.912. The number of benzene rings is 1. The number of hydrogen-bond donors (Lipinski definition) is 2. The first-order chi connectivity index (χ1) is 12.5. The van der Waals surface area contributed by atoms with Gasteiger partial charge in [-0.1, -0.05) is 6.08 Å². The Kier molecular flexibility index (Phi) is 9.53. The Morgan fingerprint density at radius 1 is 1.12 bits per heavy atom. The molecule has 1 atom stereocenters. The van der Waals surface area contributed by atoms with Crippen molar-refractivity contribution < 1.29 is 23.9 Å². The molecule has 0 radical (unpaired) electrons. The van der Waals surface area contributed by atoms with Crippen molar-refractivity contribution in [3.05, 3.63) is 42.5 Å². The molecule has 0 aliphatic carbocycles. The highest BCUT2D eigenvalue weighted by atomic mass is 16.5. The third-order valence-electron chi connectivity index (χ3n) is 3.42. The van der Waals surface area contributed by atoms with Crippen LogP contribution in [0.3, 0.4) is 0 Å². The minimum Gasteiger partial charge on any atom is -0.466 e. The quantitative estimate of drug-likeness (QED) is 0.463. The predicted molar refractivity (Wildman–Crippen MR) is 98.9 cm³/mol. The molecular formula is C19H26N2O5. The summed E-state index contributed by atoms with van der Waals surface area (Å²) in [5, 5.41) is 5.73. The van der Waals surface area contributed by atoms with E-state index in [2.05, 4.69) is 17.2 Å². The van der Waals surface area contributed by atoms with E-state index in [-0.39, 0.29) is 26.1 Å². The Labute approximate surface area is 153 Å². The second-order valence-electron chi connectivity index (χ2n) is 5.37. The van der Waals surface area contributed by atoms with Crippen LogP contribution < -0.4 is 10.6 Å². The number of ether oxygens (including phenoxy) is 2. The fourth-order valence-electron chi connectivity index (χ4n) is 2.16. The fraction of sp³-hybridized carbons (Fsp3) is 0.421. The summed E-state index contributed by atoms with van der Waals surface area (Å²) in [4.78, 5) is 35.9. The Morgan fingerprint density at radius 2 is 1.77 bits per heavy atom. The molecule has 0 unspecified atom stereocenters. The van der Waals surface area contributed by atoms with Gasteiger partial charge in [0, 0.05) is 24.2 Å². The normalized spacial score (nSPS) is 11.2. The maximum Gasteiger partial charge on any atom is 0.328 e. The second-order valence-corrected chi connectivity index (χ2v) is 5.37. The summed E-state index contributed by atoms with van der Waals surface area (Å²) < 4.78 is 9.82. The lowest BCUT2D eigenvalue weighted by Gasteiger charge is -2.17. The molecule has 1 aromatic rings. The van der Waals surface area contributed by atoms with E-state index in [1.807, 2.05) is 0 Å². The van der Waals surface area contributed by atoms with Gasteiger partial charge in [0.25, 0.3) is 5.91 Å². The second kappa shape index (κ2) is 11.7. The van der Waals surface area contributed by atoms with Crippen molar-refractivity contribution in [2.24, 2.45) is 0 Å². The number of hydrogen-bond acceptors (Lipinski definition) is 6. The van der Waals surface area contributed by atoms with Gasteiger partial charge < -0.3 is 20.1 Å². The molecule has 7 nitrogen and oxygen atoms in total. The van der Waals surface area contributed by atoms with Gasteiger partial charge in [0.15, 0.2) is 0 Å². The van der Waals surface area contributed by atoms with E-state index in [1.165, 1.54) is 0 Å². The Morgan fingerprint density at radius 3 is 2.35 bits per heavy atom. The molecule has 0 heterocycles. The molecule has 1 rings (SSSR count). The van der Waals surface area contributed by atoms with Gasteiger partial charge in [-0.2, -0.15) is 0 Å². The predicted octanol–water partition coefficient (Wildman–Crippen LogP) is 2.29. The summed E-state index contributed by atoms with van der Waals surface area (Å²) in [5.41, 5.74) is 1.25. The molecule has 0 saturated heterocycles. The van der Waals surface area contributed by atoms with Crippen LogP contribution in [0.15, 0.2) is 36.9 Å². The molecule has 2 N–H and O–H groups in total. The van der Waals surface area contributed by atoms with Crippen LogP contribution in [0.5, 0.6) is 0 Å². The lowest BCUT2D eigenvalue weighted by molar-refractivity contribution is -0.146. The highest BCUT2D eigenvalue weighted by Gasteiger charge is 2.23. The average Bonchev–Trinajstić information content (AvgIpc) is 2.64. The SMILES string of the molecule is C=CCNc1ccc(C(=O)N[C@H](CCC(=O)OCC)C(=O)OCC)cc1. The molecule has 0 aliphatic rings. The van der Waals surface area contributed by atoms with Crippen LogP contribution in [0.25, 0.3) is 0 Å². The number of nitrogens with one attached hydrogen (secondary N) is 2. The van der Waals surface area contributed by atoms with E-state index in [1.54, 1.807) is 44.2 Å². The zero-order valence-corrected chi connectivity index (χ0v) is 15.2. The zero-order valence-electron chi connectivity index (χ0n) is 15.2. The van der Waals surface area contributed by atoms with Gasteiger partial charge in [-0.15, -0.1) is 6.58 Å². The first-order valence-electron chi connectivity index (χ1n) is 8.59. The number of carbonyl (C=O) groups excluding carboxylic acids is 3. The number of esters is 2.